The Balaban J connectivity index is 2.35. The normalized spacial score (nSPS) is 15.2. The number of anilines is 1. The van der Waals surface area contributed by atoms with Gasteiger partial charge in [0, 0.05) is 17.1 Å². The first kappa shape index (κ1) is 14.0. The maximum atomic E-state index is 12.1. The molecular weight excluding hydrogens is 312 g/mol. The second kappa shape index (κ2) is 4.92. The number of aromatic nitrogens is 1. The van der Waals surface area contributed by atoms with E-state index in [0.717, 1.165) is 14.9 Å². The zero-order valence-corrected chi connectivity index (χ0v) is 12.7. The molecule has 0 spiro atoms. The Morgan fingerprint density at radius 2 is 2.11 bits per heavy atom. The van der Waals surface area contributed by atoms with Crippen molar-refractivity contribution >= 4 is 33.7 Å². The second-order valence-corrected chi connectivity index (χ2v) is 6.26. The fraction of sp³-hybridized carbons (Fsp3) is 0.462. The highest BCUT2D eigenvalue weighted by Crippen LogP contribution is 2.29. The molecule has 1 aliphatic heterocycles. The van der Waals surface area contributed by atoms with Gasteiger partial charge >= 0.3 is 6.09 Å². The van der Waals surface area contributed by atoms with Crippen LogP contribution in [0.4, 0.5) is 10.6 Å². The van der Waals surface area contributed by atoms with Crippen LogP contribution in [0.1, 0.15) is 32.8 Å². The Hall–Kier alpha value is -1.43. The topological polar surface area (TPSA) is 59.5 Å². The number of ether oxygens (including phenoxy) is 1. The average molecular weight is 327 g/mol. The zero-order chi connectivity index (χ0) is 14.2. The monoisotopic (exact) mass is 326 g/mol. The summed E-state index contributed by atoms with van der Waals surface area (Å²) >= 11 is 3.33. The van der Waals surface area contributed by atoms with Crippen LogP contribution in [0, 0.1) is 0 Å². The molecular formula is C13H15BrN2O3. The van der Waals surface area contributed by atoms with Crippen molar-refractivity contribution in [2.75, 3.05) is 4.90 Å². The van der Waals surface area contributed by atoms with Crippen molar-refractivity contribution in [1.82, 2.24) is 4.98 Å². The summed E-state index contributed by atoms with van der Waals surface area (Å²) in [5, 5.41) is 0. The van der Waals surface area contributed by atoms with E-state index in [1.54, 1.807) is 27.0 Å². The molecule has 0 atom stereocenters. The van der Waals surface area contributed by atoms with Crippen LogP contribution in [0.25, 0.3) is 0 Å². The zero-order valence-electron chi connectivity index (χ0n) is 11.1. The minimum Gasteiger partial charge on any atom is -0.443 e. The first-order valence-electron chi connectivity index (χ1n) is 5.98. The second-order valence-electron chi connectivity index (χ2n) is 5.35. The van der Waals surface area contributed by atoms with Gasteiger partial charge in [-0.1, -0.05) is 0 Å². The Kier molecular flexibility index (Phi) is 3.62. The highest BCUT2D eigenvalue weighted by atomic mass is 79.9. The molecule has 2 heterocycles. The number of halogens is 1. The quantitative estimate of drug-likeness (QED) is 0.735. The number of aryl methyl sites for hydroxylation is 1. The molecule has 1 aliphatic rings. The maximum Gasteiger partial charge on any atom is 0.423 e. The van der Waals surface area contributed by atoms with E-state index in [1.165, 1.54) is 0 Å². The number of carbonyl (C=O) groups excluding carboxylic acids is 2. The number of pyridine rings is 1. The molecule has 19 heavy (non-hydrogen) atoms. The number of fused-ring (bicyclic) bond motifs is 1. The summed E-state index contributed by atoms with van der Waals surface area (Å²) in [6.07, 6.45) is 1.76. The fourth-order valence-electron chi connectivity index (χ4n) is 1.83. The van der Waals surface area contributed by atoms with Crippen LogP contribution < -0.4 is 4.90 Å². The molecule has 2 rings (SSSR count). The SMILES string of the molecule is CC(C)(C)OC(=O)N1C(=O)CCc2cc(Br)cnc21. The number of nitrogens with zero attached hydrogens (tertiary/aromatic N) is 2. The predicted octanol–water partition coefficient (Wildman–Crippen LogP) is 3.06. The van der Waals surface area contributed by atoms with Gasteiger partial charge in [-0.15, -0.1) is 0 Å². The summed E-state index contributed by atoms with van der Waals surface area (Å²) in [5.74, 6) is 0.0882. The van der Waals surface area contributed by atoms with Crippen LogP contribution in [0.2, 0.25) is 0 Å². The third kappa shape index (κ3) is 3.12. The van der Waals surface area contributed by atoms with Crippen molar-refractivity contribution in [1.29, 1.82) is 0 Å². The average Bonchev–Trinajstić information content (AvgIpc) is 2.26. The molecule has 0 fully saturated rings. The van der Waals surface area contributed by atoms with Crippen molar-refractivity contribution in [3.8, 4) is 0 Å². The Bertz CT molecular complexity index is 537. The molecule has 1 aromatic heterocycles. The molecule has 1 aromatic rings. The van der Waals surface area contributed by atoms with Crippen LogP contribution in [-0.4, -0.2) is 22.6 Å². The third-order valence-corrected chi connectivity index (χ3v) is 2.99. The molecule has 0 saturated carbocycles. The lowest BCUT2D eigenvalue weighted by Crippen LogP contribution is -2.44. The molecule has 0 bridgehead atoms. The van der Waals surface area contributed by atoms with E-state index >= 15 is 0 Å². The number of hydrogen-bond acceptors (Lipinski definition) is 4. The van der Waals surface area contributed by atoms with Gasteiger partial charge < -0.3 is 4.74 Å². The number of carbonyl (C=O) groups is 2. The van der Waals surface area contributed by atoms with E-state index in [0.29, 0.717) is 12.2 Å². The Morgan fingerprint density at radius 3 is 2.74 bits per heavy atom. The van der Waals surface area contributed by atoms with Crippen LogP contribution in [0.3, 0.4) is 0 Å². The first-order valence-corrected chi connectivity index (χ1v) is 6.77. The standard InChI is InChI=1S/C13H15BrN2O3/c1-13(2,3)19-12(18)16-10(17)5-4-8-6-9(14)7-15-11(8)16/h6-7H,4-5H2,1-3H3. The van der Waals surface area contributed by atoms with Gasteiger partial charge in [0.1, 0.15) is 11.4 Å². The third-order valence-electron chi connectivity index (χ3n) is 2.55. The van der Waals surface area contributed by atoms with E-state index in [2.05, 4.69) is 20.9 Å². The van der Waals surface area contributed by atoms with E-state index in [1.807, 2.05) is 6.07 Å². The lowest BCUT2D eigenvalue weighted by atomic mass is 10.1. The van der Waals surface area contributed by atoms with E-state index < -0.39 is 11.7 Å². The maximum absolute atomic E-state index is 12.1. The van der Waals surface area contributed by atoms with Gasteiger partial charge in [0.05, 0.1) is 0 Å². The van der Waals surface area contributed by atoms with E-state index in [-0.39, 0.29) is 12.3 Å². The minimum absolute atomic E-state index is 0.281. The minimum atomic E-state index is -0.673. The summed E-state index contributed by atoms with van der Waals surface area (Å²) in [7, 11) is 0. The molecule has 0 radical (unpaired) electrons. The van der Waals surface area contributed by atoms with Crippen LogP contribution >= 0.6 is 15.9 Å². The smallest absolute Gasteiger partial charge is 0.423 e. The van der Waals surface area contributed by atoms with Crippen LogP contribution in [0.15, 0.2) is 16.7 Å². The predicted molar refractivity (Wildman–Crippen MR) is 74.0 cm³/mol. The van der Waals surface area contributed by atoms with Crippen molar-refractivity contribution in [2.45, 2.75) is 39.2 Å². The lowest BCUT2D eigenvalue weighted by molar-refractivity contribution is -0.118. The fourth-order valence-corrected chi connectivity index (χ4v) is 2.21. The lowest BCUT2D eigenvalue weighted by Gasteiger charge is -2.29. The first-order chi connectivity index (χ1) is 8.78. The van der Waals surface area contributed by atoms with Gasteiger partial charge in [0.15, 0.2) is 0 Å². The summed E-state index contributed by atoms with van der Waals surface area (Å²) < 4.78 is 6.07. The number of hydrogen-bond donors (Lipinski definition) is 0. The van der Waals surface area contributed by atoms with Gasteiger partial charge in [-0.05, 0) is 54.8 Å². The van der Waals surface area contributed by atoms with Crippen molar-refractivity contribution in [3.05, 3.63) is 22.3 Å². The van der Waals surface area contributed by atoms with Gasteiger partial charge in [0.2, 0.25) is 5.91 Å². The Labute approximate surface area is 120 Å². The van der Waals surface area contributed by atoms with Crippen LogP contribution in [0.5, 0.6) is 0 Å². The number of amides is 2. The van der Waals surface area contributed by atoms with Gasteiger partial charge in [-0.2, -0.15) is 4.90 Å². The van der Waals surface area contributed by atoms with Gasteiger partial charge in [0.25, 0.3) is 0 Å². The molecule has 0 saturated heterocycles. The molecule has 5 nitrogen and oxygen atoms in total. The highest BCUT2D eigenvalue weighted by molar-refractivity contribution is 9.10. The molecule has 0 N–H and O–H groups in total. The largest absolute Gasteiger partial charge is 0.443 e. The van der Waals surface area contributed by atoms with Gasteiger partial charge in [-0.3, -0.25) is 4.79 Å². The molecule has 0 aromatic carbocycles. The molecule has 6 heteroatoms. The van der Waals surface area contributed by atoms with Crippen LogP contribution in [-0.2, 0) is 16.0 Å². The number of imide groups is 1. The van der Waals surface area contributed by atoms with Crippen molar-refractivity contribution < 1.29 is 14.3 Å². The summed E-state index contributed by atoms with van der Waals surface area (Å²) in [6, 6.07) is 1.87. The van der Waals surface area contributed by atoms with E-state index in [9.17, 15) is 9.59 Å². The summed E-state index contributed by atoms with van der Waals surface area (Å²) in [5.41, 5.74) is 0.212. The summed E-state index contributed by atoms with van der Waals surface area (Å²) in [4.78, 5) is 29.2. The number of rotatable bonds is 0. The van der Waals surface area contributed by atoms with Crippen molar-refractivity contribution in [3.63, 3.8) is 0 Å². The molecule has 0 aliphatic carbocycles. The van der Waals surface area contributed by atoms with Gasteiger partial charge in [-0.25, -0.2) is 9.78 Å². The van der Waals surface area contributed by atoms with Crippen molar-refractivity contribution in [2.24, 2.45) is 0 Å². The molecule has 102 valence electrons. The van der Waals surface area contributed by atoms with E-state index in [4.69, 9.17) is 4.74 Å². The molecule has 0 unspecified atom stereocenters. The summed E-state index contributed by atoms with van der Waals surface area (Å²) in [6.45, 7) is 5.28. The highest BCUT2D eigenvalue weighted by Gasteiger charge is 2.34. The molecule has 2 amide bonds. The Morgan fingerprint density at radius 1 is 1.42 bits per heavy atom.